The van der Waals surface area contributed by atoms with Crippen LogP contribution < -0.4 is 4.74 Å². The van der Waals surface area contributed by atoms with Crippen molar-refractivity contribution in [2.45, 2.75) is 6.92 Å². The predicted octanol–water partition coefficient (Wildman–Crippen LogP) is 3.14. The molecule has 0 radical (unpaired) electrons. The number of thiophene rings is 1. The molecule has 1 aromatic heterocycles. The average Bonchev–Trinajstić information content (AvgIpc) is 2.49. The molecule has 2 nitrogen and oxygen atoms in total. The third kappa shape index (κ3) is 1.42. The fourth-order valence-electron chi connectivity index (χ4n) is 1.33. The van der Waals surface area contributed by atoms with Gasteiger partial charge >= 0.3 is 0 Å². The smallest absolute Gasteiger partial charge is 0.144 e. The van der Waals surface area contributed by atoms with Crippen molar-refractivity contribution < 1.29 is 14.2 Å². The summed E-state index contributed by atoms with van der Waals surface area (Å²) in [5.74, 6) is 0.146. The number of rotatable bonds is 2. The number of hydrogen-bond acceptors (Lipinski definition) is 3. The number of benzene rings is 1. The maximum atomic E-state index is 13.3. The highest BCUT2D eigenvalue weighted by Gasteiger charge is 2.10. The van der Waals surface area contributed by atoms with E-state index in [2.05, 4.69) is 0 Å². The van der Waals surface area contributed by atoms with Crippen molar-refractivity contribution in [3.8, 4) is 11.5 Å². The van der Waals surface area contributed by atoms with Gasteiger partial charge in [-0.05, 0) is 13.0 Å². The van der Waals surface area contributed by atoms with Gasteiger partial charge < -0.3 is 9.84 Å². The summed E-state index contributed by atoms with van der Waals surface area (Å²) in [5.41, 5.74) is 0. The van der Waals surface area contributed by atoms with E-state index in [1.54, 1.807) is 5.38 Å². The number of phenols is 1. The van der Waals surface area contributed by atoms with Gasteiger partial charge in [0.25, 0.3) is 0 Å². The van der Waals surface area contributed by atoms with Gasteiger partial charge in [-0.25, -0.2) is 4.39 Å². The first kappa shape index (κ1) is 9.27. The number of aromatic hydroxyl groups is 1. The Bertz CT molecular complexity index is 464. The number of halogens is 1. The standard InChI is InChI=1S/C10H9FO2S/c1-2-13-9-5-14-10-7(9)3-6(12)4-8(10)11/h3-5,12H,2H2,1H3. The molecule has 0 bridgehead atoms. The van der Waals surface area contributed by atoms with Crippen LogP contribution in [0, 0.1) is 5.82 Å². The van der Waals surface area contributed by atoms with E-state index in [-0.39, 0.29) is 5.75 Å². The molecular weight excluding hydrogens is 203 g/mol. The van der Waals surface area contributed by atoms with Crippen LogP contribution in [0.15, 0.2) is 17.5 Å². The summed E-state index contributed by atoms with van der Waals surface area (Å²) in [6.07, 6.45) is 0. The van der Waals surface area contributed by atoms with Crippen molar-refractivity contribution in [2.75, 3.05) is 6.61 Å². The van der Waals surface area contributed by atoms with Gasteiger partial charge in [-0.3, -0.25) is 0 Å². The summed E-state index contributed by atoms with van der Waals surface area (Å²) in [5, 5.41) is 11.6. The Balaban J connectivity index is 2.66. The number of fused-ring (bicyclic) bond motifs is 1. The van der Waals surface area contributed by atoms with E-state index in [0.717, 1.165) is 6.07 Å². The fraction of sp³-hybridized carbons (Fsp3) is 0.200. The van der Waals surface area contributed by atoms with Crippen LogP contribution in [0.2, 0.25) is 0 Å². The van der Waals surface area contributed by atoms with Crippen LogP contribution in [0.25, 0.3) is 10.1 Å². The highest BCUT2D eigenvalue weighted by Crippen LogP contribution is 2.36. The molecule has 1 N–H and O–H groups in total. The van der Waals surface area contributed by atoms with Crippen LogP contribution in [0.4, 0.5) is 4.39 Å². The molecule has 0 spiro atoms. The molecule has 74 valence electrons. The topological polar surface area (TPSA) is 29.5 Å². The van der Waals surface area contributed by atoms with Crippen LogP contribution in [-0.2, 0) is 0 Å². The molecule has 14 heavy (non-hydrogen) atoms. The van der Waals surface area contributed by atoms with Gasteiger partial charge in [0.05, 0.1) is 11.3 Å². The normalized spacial score (nSPS) is 10.7. The van der Waals surface area contributed by atoms with Crippen molar-refractivity contribution in [1.82, 2.24) is 0 Å². The summed E-state index contributed by atoms with van der Waals surface area (Å²) in [6.45, 7) is 2.39. The monoisotopic (exact) mass is 212 g/mol. The van der Waals surface area contributed by atoms with Gasteiger partial charge in [-0.15, -0.1) is 11.3 Å². The zero-order valence-corrected chi connectivity index (χ0v) is 8.40. The van der Waals surface area contributed by atoms with Crippen LogP contribution in [0.5, 0.6) is 11.5 Å². The Morgan fingerprint density at radius 1 is 1.50 bits per heavy atom. The summed E-state index contributed by atoms with van der Waals surface area (Å²) < 4.78 is 19.1. The van der Waals surface area contributed by atoms with Gasteiger partial charge in [-0.2, -0.15) is 0 Å². The van der Waals surface area contributed by atoms with Crippen LogP contribution in [-0.4, -0.2) is 11.7 Å². The number of ether oxygens (including phenoxy) is 1. The molecule has 0 aliphatic carbocycles. The minimum absolute atomic E-state index is 0.0747. The van der Waals surface area contributed by atoms with E-state index in [1.165, 1.54) is 17.4 Å². The van der Waals surface area contributed by atoms with Gasteiger partial charge in [-0.1, -0.05) is 0 Å². The Kier molecular flexibility index (Phi) is 2.29. The summed E-state index contributed by atoms with van der Waals surface area (Å²) in [6, 6.07) is 2.62. The first-order valence-corrected chi connectivity index (χ1v) is 5.13. The van der Waals surface area contributed by atoms with Gasteiger partial charge in [0.15, 0.2) is 0 Å². The van der Waals surface area contributed by atoms with Crippen molar-refractivity contribution in [2.24, 2.45) is 0 Å². The van der Waals surface area contributed by atoms with Gasteiger partial charge in [0, 0.05) is 16.8 Å². The van der Waals surface area contributed by atoms with E-state index < -0.39 is 5.82 Å². The Morgan fingerprint density at radius 3 is 3.00 bits per heavy atom. The van der Waals surface area contributed by atoms with Crippen molar-refractivity contribution >= 4 is 21.4 Å². The SMILES string of the molecule is CCOc1csc2c(F)cc(O)cc12. The summed E-state index contributed by atoms with van der Waals surface area (Å²) in [7, 11) is 0. The van der Waals surface area contributed by atoms with Crippen LogP contribution >= 0.6 is 11.3 Å². The molecule has 0 atom stereocenters. The second-order valence-corrected chi connectivity index (χ2v) is 3.72. The molecule has 0 unspecified atom stereocenters. The maximum Gasteiger partial charge on any atom is 0.144 e. The van der Waals surface area contributed by atoms with Crippen molar-refractivity contribution in [3.05, 3.63) is 23.3 Å². The molecule has 0 saturated carbocycles. The van der Waals surface area contributed by atoms with Crippen molar-refractivity contribution in [3.63, 3.8) is 0 Å². The lowest BCUT2D eigenvalue weighted by Crippen LogP contribution is -1.89. The molecule has 0 saturated heterocycles. The lowest BCUT2D eigenvalue weighted by atomic mass is 10.2. The molecule has 2 aromatic rings. The quantitative estimate of drug-likeness (QED) is 0.828. The Morgan fingerprint density at radius 2 is 2.29 bits per heavy atom. The van der Waals surface area contributed by atoms with Gasteiger partial charge in [0.1, 0.15) is 17.3 Å². The fourth-order valence-corrected chi connectivity index (χ4v) is 2.20. The number of hydrogen-bond donors (Lipinski definition) is 1. The van der Waals surface area contributed by atoms with E-state index in [4.69, 9.17) is 4.74 Å². The van der Waals surface area contributed by atoms with E-state index in [9.17, 15) is 9.50 Å². The molecule has 0 aliphatic heterocycles. The molecule has 1 heterocycles. The lowest BCUT2D eigenvalue weighted by Gasteiger charge is -2.00. The largest absolute Gasteiger partial charge is 0.508 e. The Hall–Kier alpha value is -1.29. The summed E-state index contributed by atoms with van der Waals surface area (Å²) >= 11 is 1.28. The molecule has 0 fully saturated rings. The zero-order chi connectivity index (χ0) is 10.1. The predicted molar refractivity (Wildman–Crippen MR) is 54.6 cm³/mol. The minimum Gasteiger partial charge on any atom is -0.508 e. The Labute approximate surface area is 84.6 Å². The number of phenolic OH excluding ortho intramolecular Hbond substituents is 1. The van der Waals surface area contributed by atoms with Gasteiger partial charge in [0.2, 0.25) is 0 Å². The summed E-state index contributed by atoms with van der Waals surface area (Å²) in [4.78, 5) is 0. The molecule has 4 heteroatoms. The van der Waals surface area contributed by atoms with Crippen molar-refractivity contribution in [1.29, 1.82) is 0 Å². The third-order valence-corrected chi connectivity index (χ3v) is 2.86. The molecule has 0 amide bonds. The van der Waals surface area contributed by atoms with E-state index >= 15 is 0 Å². The highest BCUT2D eigenvalue weighted by molar-refractivity contribution is 7.17. The van der Waals surface area contributed by atoms with E-state index in [1.807, 2.05) is 6.92 Å². The molecule has 0 aliphatic rings. The molecule has 1 aromatic carbocycles. The second kappa shape index (κ2) is 3.46. The molecule has 2 rings (SSSR count). The first-order valence-electron chi connectivity index (χ1n) is 4.25. The van der Waals surface area contributed by atoms with E-state index in [0.29, 0.717) is 22.4 Å². The van der Waals surface area contributed by atoms with Crippen LogP contribution in [0.1, 0.15) is 6.92 Å². The second-order valence-electron chi connectivity index (χ2n) is 2.84. The first-order chi connectivity index (χ1) is 6.72. The molecular formula is C10H9FO2S. The average molecular weight is 212 g/mol. The highest BCUT2D eigenvalue weighted by atomic mass is 32.1. The zero-order valence-electron chi connectivity index (χ0n) is 7.58. The van der Waals surface area contributed by atoms with Crippen LogP contribution in [0.3, 0.4) is 0 Å². The lowest BCUT2D eigenvalue weighted by molar-refractivity contribution is 0.345. The maximum absolute atomic E-state index is 13.3. The third-order valence-electron chi connectivity index (χ3n) is 1.88. The minimum atomic E-state index is -0.407.